The van der Waals surface area contributed by atoms with Crippen molar-refractivity contribution in [3.63, 3.8) is 0 Å². The molecule has 22 heavy (non-hydrogen) atoms. The SMILES string of the molecule is CN(C)CCNC(=O)c1ccc2nc3ccccc3cc2c1. The number of rotatable bonds is 4. The van der Waals surface area contributed by atoms with Crippen LogP contribution >= 0.6 is 0 Å². The van der Waals surface area contributed by atoms with Gasteiger partial charge in [0.25, 0.3) is 5.91 Å². The van der Waals surface area contributed by atoms with Crippen LogP contribution in [0.1, 0.15) is 10.4 Å². The summed E-state index contributed by atoms with van der Waals surface area (Å²) in [6.45, 7) is 1.46. The Bertz CT molecular complexity index is 827. The number of nitrogens with one attached hydrogen (secondary N) is 1. The maximum absolute atomic E-state index is 12.2. The van der Waals surface area contributed by atoms with E-state index in [0.29, 0.717) is 12.1 Å². The minimum absolute atomic E-state index is 0.0445. The molecule has 1 amide bonds. The van der Waals surface area contributed by atoms with Gasteiger partial charge in [0.1, 0.15) is 0 Å². The van der Waals surface area contributed by atoms with Gasteiger partial charge in [-0.3, -0.25) is 4.79 Å². The van der Waals surface area contributed by atoms with Gasteiger partial charge in [0.05, 0.1) is 11.0 Å². The van der Waals surface area contributed by atoms with Gasteiger partial charge < -0.3 is 10.2 Å². The van der Waals surface area contributed by atoms with Crippen molar-refractivity contribution < 1.29 is 4.79 Å². The summed E-state index contributed by atoms with van der Waals surface area (Å²) in [5, 5.41) is 5.00. The zero-order chi connectivity index (χ0) is 15.5. The molecule has 112 valence electrons. The summed E-state index contributed by atoms with van der Waals surface area (Å²) < 4.78 is 0. The van der Waals surface area contributed by atoms with E-state index in [0.717, 1.165) is 28.4 Å². The Balaban J connectivity index is 1.88. The monoisotopic (exact) mass is 293 g/mol. The van der Waals surface area contributed by atoms with E-state index in [1.54, 1.807) is 0 Å². The fourth-order valence-corrected chi connectivity index (χ4v) is 2.42. The maximum Gasteiger partial charge on any atom is 0.251 e. The summed E-state index contributed by atoms with van der Waals surface area (Å²) in [5.74, 6) is -0.0445. The molecule has 4 heteroatoms. The summed E-state index contributed by atoms with van der Waals surface area (Å²) in [5.41, 5.74) is 2.55. The fraction of sp³-hybridized carbons (Fsp3) is 0.222. The molecule has 0 fully saturated rings. The second-order valence-corrected chi connectivity index (χ2v) is 5.65. The first-order valence-electron chi connectivity index (χ1n) is 7.36. The second-order valence-electron chi connectivity index (χ2n) is 5.65. The minimum atomic E-state index is -0.0445. The van der Waals surface area contributed by atoms with Crippen LogP contribution in [-0.2, 0) is 0 Å². The van der Waals surface area contributed by atoms with E-state index in [1.165, 1.54) is 0 Å². The quantitative estimate of drug-likeness (QED) is 0.752. The zero-order valence-corrected chi connectivity index (χ0v) is 12.8. The molecule has 1 N–H and O–H groups in total. The Morgan fingerprint density at radius 3 is 2.64 bits per heavy atom. The highest BCUT2D eigenvalue weighted by Crippen LogP contribution is 2.20. The molecular formula is C18H19N3O. The number of carbonyl (C=O) groups is 1. The Kier molecular flexibility index (Phi) is 4.02. The van der Waals surface area contributed by atoms with E-state index >= 15 is 0 Å². The van der Waals surface area contributed by atoms with Crippen LogP contribution in [0.15, 0.2) is 48.5 Å². The summed E-state index contributed by atoms with van der Waals surface area (Å²) in [6.07, 6.45) is 0. The highest BCUT2D eigenvalue weighted by molar-refractivity contribution is 6.00. The first kappa shape index (κ1) is 14.5. The number of para-hydroxylation sites is 1. The molecule has 3 aromatic rings. The van der Waals surface area contributed by atoms with Crippen molar-refractivity contribution in [1.82, 2.24) is 15.2 Å². The van der Waals surface area contributed by atoms with Crippen LogP contribution in [-0.4, -0.2) is 43.0 Å². The Labute approximate surface area is 129 Å². The number of likely N-dealkylation sites (N-methyl/N-ethyl adjacent to an activating group) is 1. The average Bonchev–Trinajstić information content (AvgIpc) is 2.51. The number of fused-ring (bicyclic) bond motifs is 2. The largest absolute Gasteiger partial charge is 0.351 e. The number of pyridine rings is 1. The summed E-state index contributed by atoms with van der Waals surface area (Å²) in [4.78, 5) is 18.8. The number of carbonyl (C=O) groups excluding carboxylic acids is 1. The topological polar surface area (TPSA) is 45.2 Å². The van der Waals surface area contributed by atoms with Gasteiger partial charge in [-0.1, -0.05) is 18.2 Å². The molecule has 0 spiro atoms. The van der Waals surface area contributed by atoms with Crippen LogP contribution < -0.4 is 5.32 Å². The van der Waals surface area contributed by atoms with Crippen molar-refractivity contribution in [2.45, 2.75) is 0 Å². The Morgan fingerprint density at radius 1 is 1.05 bits per heavy atom. The molecular weight excluding hydrogens is 274 g/mol. The molecule has 1 heterocycles. The van der Waals surface area contributed by atoms with Crippen molar-refractivity contribution in [2.75, 3.05) is 27.2 Å². The number of amides is 1. The van der Waals surface area contributed by atoms with E-state index in [-0.39, 0.29) is 5.91 Å². The fourth-order valence-electron chi connectivity index (χ4n) is 2.42. The highest BCUT2D eigenvalue weighted by atomic mass is 16.1. The third kappa shape index (κ3) is 3.07. The summed E-state index contributed by atoms with van der Waals surface area (Å²) >= 11 is 0. The average molecular weight is 293 g/mol. The second kappa shape index (κ2) is 6.12. The van der Waals surface area contributed by atoms with Crippen molar-refractivity contribution >= 4 is 27.7 Å². The number of hydrogen-bond donors (Lipinski definition) is 1. The van der Waals surface area contributed by atoms with Gasteiger partial charge in [0.2, 0.25) is 0 Å². The van der Waals surface area contributed by atoms with Crippen molar-refractivity contribution in [3.8, 4) is 0 Å². The molecule has 0 bridgehead atoms. The minimum Gasteiger partial charge on any atom is -0.351 e. The molecule has 0 saturated heterocycles. The Hall–Kier alpha value is -2.46. The number of aromatic nitrogens is 1. The zero-order valence-electron chi connectivity index (χ0n) is 12.8. The summed E-state index contributed by atoms with van der Waals surface area (Å²) in [7, 11) is 3.97. The standard InChI is InChI=1S/C18H19N3O/c1-21(2)10-9-19-18(22)14-7-8-17-15(12-14)11-13-5-3-4-6-16(13)20-17/h3-8,11-12H,9-10H2,1-2H3,(H,19,22). The van der Waals surface area contributed by atoms with Crippen molar-refractivity contribution in [3.05, 3.63) is 54.1 Å². The van der Waals surface area contributed by atoms with Gasteiger partial charge in [-0.15, -0.1) is 0 Å². The van der Waals surface area contributed by atoms with E-state index in [2.05, 4.69) is 16.4 Å². The lowest BCUT2D eigenvalue weighted by Crippen LogP contribution is -2.31. The molecule has 0 aliphatic rings. The van der Waals surface area contributed by atoms with Crippen LogP contribution in [0.4, 0.5) is 0 Å². The van der Waals surface area contributed by atoms with Crippen LogP contribution in [0, 0.1) is 0 Å². The van der Waals surface area contributed by atoms with Gasteiger partial charge in [-0.2, -0.15) is 0 Å². The molecule has 0 saturated carbocycles. The van der Waals surface area contributed by atoms with Crippen LogP contribution in [0.2, 0.25) is 0 Å². The van der Waals surface area contributed by atoms with E-state index in [9.17, 15) is 4.79 Å². The molecule has 0 aliphatic carbocycles. The van der Waals surface area contributed by atoms with Gasteiger partial charge in [0, 0.05) is 29.4 Å². The first-order chi connectivity index (χ1) is 10.6. The molecule has 1 aromatic heterocycles. The third-order valence-electron chi connectivity index (χ3n) is 3.62. The van der Waals surface area contributed by atoms with Crippen LogP contribution in [0.25, 0.3) is 21.8 Å². The molecule has 0 aliphatic heterocycles. The first-order valence-corrected chi connectivity index (χ1v) is 7.36. The number of benzene rings is 2. The smallest absolute Gasteiger partial charge is 0.251 e. The van der Waals surface area contributed by atoms with Crippen molar-refractivity contribution in [2.24, 2.45) is 0 Å². The molecule has 0 unspecified atom stereocenters. The van der Waals surface area contributed by atoms with E-state index in [4.69, 9.17) is 0 Å². The lowest BCUT2D eigenvalue weighted by atomic mass is 10.1. The predicted octanol–water partition coefficient (Wildman–Crippen LogP) is 2.68. The van der Waals surface area contributed by atoms with Gasteiger partial charge in [-0.25, -0.2) is 4.98 Å². The Morgan fingerprint density at radius 2 is 1.82 bits per heavy atom. The molecule has 0 radical (unpaired) electrons. The van der Waals surface area contributed by atoms with Crippen LogP contribution in [0.5, 0.6) is 0 Å². The highest BCUT2D eigenvalue weighted by Gasteiger charge is 2.07. The molecule has 3 rings (SSSR count). The van der Waals surface area contributed by atoms with Crippen LogP contribution in [0.3, 0.4) is 0 Å². The maximum atomic E-state index is 12.2. The lowest BCUT2D eigenvalue weighted by Gasteiger charge is -2.10. The summed E-state index contributed by atoms with van der Waals surface area (Å²) in [6, 6.07) is 15.7. The van der Waals surface area contributed by atoms with Crippen molar-refractivity contribution in [1.29, 1.82) is 0 Å². The normalized spacial score (nSPS) is 11.2. The predicted molar refractivity (Wildman–Crippen MR) is 90.1 cm³/mol. The molecule has 4 nitrogen and oxygen atoms in total. The molecule has 0 atom stereocenters. The van der Waals surface area contributed by atoms with Gasteiger partial charge in [0.15, 0.2) is 0 Å². The lowest BCUT2D eigenvalue weighted by molar-refractivity contribution is 0.0951. The van der Waals surface area contributed by atoms with E-state index in [1.807, 2.05) is 61.5 Å². The van der Waals surface area contributed by atoms with Gasteiger partial charge in [-0.05, 0) is 44.4 Å². The van der Waals surface area contributed by atoms with Gasteiger partial charge >= 0.3 is 0 Å². The number of hydrogen-bond acceptors (Lipinski definition) is 3. The molecule has 2 aromatic carbocycles. The number of nitrogens with zero attached hydrogens (tertiary/aromatic N) is 2. The third-order valence-corrected chi connectivity index (χ3v) is 3.62. The van der Waals surface area contributed by atoms with E-state index < -0.39 is 0 Å².